The van der Waals surface area contributed by atoms with Crippen molar-refractivity contribution in [1.29, 1.82) is 0 Å². The van der Waals surface area contributed by atoms with Crippen LogP contribution in [0.4, 0.5) is 14.9 Å². The number of rotatable bonds is 11. The first-order valence-corrected chi connectivity index (χ1v) is 13.0. The van der Waals surface area contributed by atoms with Gasteiger partial charge in [-0.1, -0.05) is 6.07 Å². The first kappa shape index (κ1) is 25.1. The number of amides is 2. The van der Waals surface area contributed by atoms with Gasteiger partial charge in [0, 0.05) is 43.4 Å². The van der Waals surface area contributed by atoms with Gasteiger partial charge in [0.1, 0.15) is 5.75 Å². The van der Waals surface area contributed by atoms with E-state index in [-0.39, 0.29) is 11.7 Å². The first-order valence-electron chi connectivity index (χ1n) is 12.1. The van der Waals surface area contributed by atoms with Gasteiger partial charge in [-0.05, 0) is 61.6 Å². The van der Waals surface area contributed by atoms with Crippen LogP contribution >= 0.6 is 11.3 Å². The molecule has 1 aromatic carbocycles. The van der Waals surface area contributed by atoms with Crippen molar-refractivity contribution in [3.63, 3.8) is 0 Å². The number of ether oxygens (including phenoxy) is 2. The molecule has 0 radical (unpaired) electrons. The predicted molar refractivity (Wildman–Crippen MR) is 143 cm³/mol. The zero-order valence-corrected chi connectivity index (χ0v) is 21.2. The second kappa shape index (κ2) is 11.2. The Morgan fingerprint density at radius 3 is 2.76 bits per heavy atom. The van der Waals surface area contributed by atoms with E-state index in [0.29, 0.717) is 23.6 Å². The summed E-state index contributed by atoms with van der Waals surface area (Å²) in [6.45, 7) is 2.37. The van der Waals surface area contributed by atoms with Crippen molar-refractivity contribution in [3.8, 4) is 22.1 Å². The minimum Gasteiger partial charge on any atom is -0.453 e. The molecule has 10 heteroatoms. The summed E-state index contributed by atoms with van der Waals surface area (Å²) >= 11 is 1.50. The number of hydrogen-bond donors (Lipinski definition) is 3. The molecule has 0 unspecified atom stereocenters. The average molecular weight is 522 g/mol. The van der Waals surface area contributed by atoms with Crippen molar-refractivity contribution in [2.45, 2.75) is 25.2 Å². The van der Waals surface area contributed by atoms with Crippen LogP contribution in [0.15, 0.2) is 48.8 Å². The number of fused-ring (bicyclic) bond motifs is 1. The topological polar surface area (TPSA) is 111 Å². The minimum atomic E-state index is -0.725. The summed E-state index contributed by atoms with van der Waals surface area (Å²) in [5, 5.41) is 5.85. The number of methoxy groups -OCH3 is 1. The van der Waals surface area contributed by atoms with Crippen LogP contribution in [0.2, 0.25) is 0 Å². The number of nitrogens with zero attached hydrogens (tertiary/aromatic N) is 2. The lowest BCUT2D eigenvalue weighted by Gasteiger charge is -2.14. The lowest BCUT2D eigenvalue weighted by molar-refractivity contribution is 0.199. The molecule has 0 saturated heterocycles. The normalized spacial score (nSPS) is 13.1. The van der Waals surface area contributed by atoms with Gasteiger partial charge in [-0.3, -0.25) is 9.97 Å². The molecule has 1 saturated carbocycles. The average Bonchev–Trinajstić information content (AvgIpc) is 3.62. The second-order valence-corrected chi connectivity index (χ2v) is 9.94. The summed E-state index contributed by atoms with van der Waals surface area (Å²) in [5.41, 5.74) is 8.83. The zero-order valence-electron chi connectivity index (χ0n) is 20.4. The maximum absolute atomic E-state index is 15.5. The number of pyridine rings is 2. The molecule has 0 aliphatic heterocycles. The lowest BCUT2D eigenvalue weighted by Crippen LogP contribution is -2.21. The number of urea groups is 1. The molecule has 192 valence electrons. The molecule has 0 bridgehead atoms. The smallest absolute Gasteiger partial charge is 0.316 e. The van der Waals surface area contributed by atoms with Crippen LogP contribution in [0.1, 0.15) is 29.9 Å². The molecule has 4 aromatic rings. The van der Waals surface area contributed by atoms with Gasteiger partial charge in [0.25, 0.3) is 0 Å². The Bertz CT molecular complexity index is 1410. The summed E-state index contributed by atoms with van der Waals surface area (Å²) in [7, 11) is 1.69. The number of primary amides is 1. The van der Waals surface area contributed by atoms with E-state index in [9.17, 15) is 4.79 Å². The highest BCUT2D eigenvalue weighted by Crippen LogP contribution is 2.47. The number of benzene rings is 1. The summed E-state index contributed by atoms with van der Waals surface area (Å²) in [6, 6.07) is 10.2. The molecule has 4 N–H and O–H groups in total. The Kier molecular flexibility index (Phi) is 7.59. The van der Waals surface area contributed by atoms with Gasteiger partial charge in [0.2, 0.25) is 0 Å². The van der Waals surface area contributed by atoms with Crippen molar-refractivity contribution < 1.29 is 18.7 Å². The molecular weight excluding hydrogens is 493 g/mol. The first-order chi connectivity index (χ1) is 18.0. The number of thiophene rings is 1. The third-order valence-electron chi connectivity index (χ3n) is 6.13. The highest BCUT2D eigenvalue weighted by Gasteiger charge is 2.31. The summed E-state index contributed by atoms with van der Waals surface area (Å²) in [6.07, 6.45) is 6.13. The Balaban J connectivity index is 1.36. The van der Waals surface area contributed by atoms with Crippen LogP contribution < -0.4 is 21.1 Å². The molecule has 1 fully saturated rings. The quantitative estimate of drug-likeness (QED) is 0.227. The number of anilines is 1. The Labute approximate surface area is 218 Å². The van der Waals surface area contributed by atoms with Gasteiger partial charge in [0.15, 0.2) is 11.6 Å². The molecule has 37 heavy (non-hydrogen) atoms. The molecule has 1 aliphatic carbocycles. The van der Waals surface area contributed by atoms with E-state index in [1.165, 1.54) is 17.4 Å². The molecule has 3 heterocycles. The van der Waals surface area contributed by atoms with E-state index in [2.05, 4.69) is 26.7 Å². The van der Waals surface area contributed by atoms with Crippen molar-refractivity contribution in [2.24, 2.45) is 5.73 Å². The van der Waals surface area contributed by atoms with E-state index in [1.807, 2.05) is 18.3 Å². The van der Waals surface area contributed by atoms with Gasteiger partial charge in [0.05, 0.1) is 27.4 Å². The fourth-order valence-electron chi connectivity index (χ4n) is 4.15. The van der Waals surface area contributed by atoms with Crippen molar-refractivity contribution in [2.75, 3.05) is 32.1 Å². The predicted octanol–water partition coefficient (Wildman–Crippen LogP) is 5.44. The number of aromatic nitrogens is 2. The van der Waals surface area contributed by atoms with E-state index < -0.39 is 11.8 Å². The fourth-order valence-corrected chi connectivity index (χ4v) is 5.20. The van der Waals surface area contributed by atoms with E-state index in [4.69, 9.17) is 15.2 Å². The molecule has 1 aliphatic rings. The lowest BCUT2D eigenvalue weighted by atomic mass is 10.1. The fraction of sp³-hybridized carbons (Fsp3) is 0.296. The van der Waals surface area contributed by atoms with Crippen molar-refractivity contribution in [1.82, 2.24) is 15.3 Å². The summed E-state index contributed by atoms with van der Waals surface area (Å²) in [4.78, 5) is 21.4. The van der Waals surface area contributed by atoms with E-state index in [1.54, 1.807) is 25.4 Å². The number of carbonyl (C=O) groups excluding carboxylic acids is 1. The largest absolute Gasteiger partial charge is 0.453 e. The van der Waals surface area contributed by atoms with Gasteiger partial charge in [-0.15, -0.1) is 11.3 Å². The molecule has 5 rings (SSSR count). The van der Waals surface area contributed by atoms with Crippen LogP contribution in [0, 0.1) is 5.82 Å². The van der Waals surface area contributed by atoms with Crippen LogP contribution in [0.25, 0.3) is 20.8 Å². The van der Waals surface area contributed by atoms with Gasteiger partial charge in [-0.2, -0.15) is 0 Å². The molecule has 0 atom stereocenters. The van der Waals surface area contributed by atoms with E-state index >= 15 is 4.39 Å². The minimum absolute atomic E-state index is 0.0476. The Hall–Kier alpha value is -3.60. The van der Waals surface area contributed by atoms with Crippen molar-refractivity contribution in [3.05, 3.63) is 65.7 Å². The number of nitrogens with two attached hydrogens (primary N) is 1. The number of carbonyl (C=O) groups is 1. The highest BCUT2D eigenvalue weighted by molar-refractivity contribution is 7.22. The van der Waals surface area contributed by atoms with Crippen LogP contribution in [-0.2, 0) is 11.2 Å². The SMILES string of the molecule is COCCNCCc1ccc(-c2cc3nccc(Oc4ccc(NC(N)=O)c(C5CC5)c4F)c3s2)nc1. The van der Waals surface area contributed by atoms with Gasteiger partial charge < -0.3 is 25.8 Å². The monoisotopic (exact) mass is 521 g/mol. The van der Waals surface area contributed by atoms with Gasteiger partial charge >= 0.3 is 6.03 Å². The maximum Gasteiger partial charge on any atom is 0.316 e. The maximum atomic E-state index is 15.5. The third-order valence-corrected chi connectivity index (χ3v) is 7.30. The molecule has 3 aromatic heterocycles. The highest BCUT2D eigenvalue weighted by atomic mass is 32.1. The zero-order chi connectivity index (χ0) is 25.8. The summed E-state index contributed by atoms with van der Waals surface area (Å²) in [5.74, 6) is 0.174. The van der Waals surface area contributed by atoms with Crippen LogP contribution in [-0.4, -0.2) is 42.8 Å². The molecule has 0 spiro atoms. The standard InChI is InChI=1S/C27H28FN5O3S/c1-35-13-12-30-10-8-16-2-5-18(32-15-16)23-14-20-26(37-23)22(9-11-31-20)36-21-7-6-19(33-27(29)34)24(25(21)28)17-3-4-17/h2,5-7,9,11,14-15,17,30H,3-4,8,10,12-13H2,1H3,(H3,29,33,34). The van der Waals surface area contributed by atoms with E-state index in [0.717, 1.165) is 58.7 Å². The number of nitrogens with one attached hydrogen (secondary N) is 2. The number of hydrogen-bond acceptors (Lipinski definition) is 7. The molecular formula is C27H28FN5O3S. The van der Waals surface area contributed by atoms with Crippen LogP contribution in [0.5, 0.6) is 11.5 Å². The second-order valence-electron chi connectivity index (χ2n) is 8.88. The molecule has 2 amide bonds. The number of halogens is 1. The molecule has 8 nitrogen and oxygen atoms in total. The Morgan fingerprint density at radius 2 is 2.03 bits per heavy atom. The van der Waals surface area contributed by atoms with Crippen LogP contribution in [0.3, 0.4) is 0 Å². The summed E-state index contributed by atoms with van der Waals surface area (Å²) < 4.78 is 27.4. The van der Waals surface area contributed by atoms with Crippen molar-refractivity contribution >= 4 is 33.3 Å². The van der Waals surface area contributed by atoms with Gasteiger partial charge in [-0.25, -0.2) is 9.18 Å². The third kappa shape index (κ3) is 5.87. The Morgan fingerprint density at radius 1 is 1.16 bits per heavy atom.